The van der Waals surface area contributed by atoms with Crippen molar-refractivity contribution in [1.82, 2.24) is 14.9 Å². The fraction of sp³-hybridized carbons (Fsp3) is 0.533. The first-order chi connectivity index (χ1) is 9.22. The molecule has 4 nitrogen and oxygen atoms in total. The molecule has 0 aliphatic heterocycles. The molecular formula is C15H23N3O. The molecule has 1 unspecified atom stereocenters. The average molecular weight is 261 g/mol. The minimum atomic E-state index is -0.248. The lowest BCUT2D eigenvalue weighted by atomic mass is 10.3. The van der Waals surface area contributed by atoms with Crippen LogP contribution < -0.4 is 5.32 Å². The SMILES string of the molecule is CCCn1c(CNCCC(C)O)nc2ccccc21. The topological polar surface area (TPSA) is 50.1 Å². The van der Waals surface area contributed by atoms with Gasteiger partial charge < -0.3 is 15.0 Å². The fourth-order valence-electron chi connectivity index (χ4n) is 2.24. The molecule has 1 aromatic carbocycles. The molecule has 2 rings (SSSR count). The smallest absolute Gasteiger partial charge is 0.123 e. The van der Waals surface area contributed by atoms with Crippen molar-refractivity contribution >= 4 is 11.0 Å². The van der Waals surface area contributed by atoms with Crippen LogP contribution in [0, 0.1) is 0 Å². The Bertz CT molecular complexity index is 519. The van der Waals surface area contributed by atoms with Gasteiger partial charge >= 0.3 is 0 Å². The molecule has 104 valence electrons. The lowest BCUT2D eigenvalue weighted by Gasteiger charge is -2.09. The number of aliphatic hydroxyl groups excluding tert-OH is 1. The van der Waals surface area contributed by atoms with Crippen LogP contribution in [0.15, 0.2) is 24.3 Å². The molecule has 0 saturated carbocycles. The van der Waals surface area contributed by atoms with E-state index in [1.165, 1.54) is 5.52 Å². The Balaban J connectivity index is 2.10. The average Bonchev–Trinajstić information content (AvgIpc) is 2.74. The van der Waals surface area contributed by atoms with Crippen molar-refractivity contribution in [2.24, 2.45) is 0 Å². The van der Waals surface area contributed by atoms with Gasteiger partial charge in [-0.05, 0) is 38.4 Å². The first kappa shape index (κ1) is 14.0. The molecule has 0 amide bonds. The van der Waals surface area contributed by atoms with Crippen molar-refractivity contribution in [3.8, 4) is 0 Å². The summed E-state index contributed by atoms with van der Waals surface area (Å²) in [5.41, 5.74) is 2.26. The highest BCUT2D eigenvalue weighted by molar-refractivity contribution is 5.75. The zero-order valence-corrected chi connectivity index (χ0v) is 11.8. The minimum Gasteiger partial charge on any atom is -0.393 e. The van der Waals surface area contributed by atoms with Gasteiger partial charge in [0.1, 0.15) is 5.82 Å². The molecule has 0 aliphatic rings. The Morgan fingerprint density at radius 3 is 2.89 bits per heavy atom. The van der Waals surface area contributed by atoms with E-state index in [1.54, 1.807) is 0 Å². The first-order valence-electron chi connectivity index (χ1n) is 7.05. The van der Waals surface area contributed by atoms with E-state index in [4.69, 9.17) is 0 Å². The third kappa shape index (κ3) is 3.55. The van der Waals surface area contributed by atoms with E-state index in [0.29, 0.717) is 0 Å². The Labute approximate surface area is 114 Å². The number of nitrogens with zero attached hydrogens (tertiary/aromatic N) is 2. The van der Waals surface area contributed by atoms with Crippen LogP contribution in [-0.2, 0) is 13.1 Å². The van der Waals surface area contributed by atoms with Crippen molar-refractivity contribution in [1.29, 1.82) is 0 Å². The van der Waals surface area contributed by atoms with Gasteiger partial charge in [-0.15, -0.1) is 0 Å². The summed E-state index contributed by atoms with van der Waals surface area (Å²) in [6.07, 6.45) is 1.62. The van der Waals surface area contributed by atoms with Gasteiger partial charge in [-0.2, -0.15) is 0 Å². The highest BCUT2D eigenvalue weighted by atomic mass is 16.3. The lowest BCUT2D eigenvalue weighted by Crippen LogP contribution is -2.21. The van der Waals surface area contributed by atoms with E-state index in [1.807, 2.05) is 13.0 Å². The van der Waals surface area contributed by atoms with Crippen LogP contribution in [0.4, 0.5) is 0 Å². The molecule has 19 heavy (non-hydrogen) atoms. The van der Waals surface area contributed by atoms with Crippen LogP contribution in [0.5, 0.6) is 0 Å². The van der Waals surface area contributed by atoms with Crippen LogP contribution in [0.3, 0.4) is 0 Å². The first-order valence-corrected chi connectivity index (χ1v) is 7.05. The summed E-state index contributed by atoms with van der Waals surface area (Å²) in [5, 5.41) is 12.6. The second-order valence-corrected chi connectivity index (χ2v) is 4.98. The molecule has 2 N–H and O–H groups in total. The summed E-state index contributed by atoms with van der Waals surface area (Å²) < 4.78 is 2.28. The summed E-state index contributed by atoms with van der Waals surface area (Å²) in [4.78, 5) is 4.69. The zero-order valence-electron chi connectivity index (χ0n) is 11.8. The number of benzene rings is 1. The molecule has 1 atom stereocenters. The fourth-order valence-corrected chi connectivity index (χ4v) is 2.24. The van der Waals surface area contributed by atoms with E-state index < -0.39 is 0 Å². The standard InChI is InChI=1S/C15H23N3O/c1-3-10-18-14-7-5-4-6-13(14)17-15(18)11-16-9-8-12(2)19/h4-7,12,16,19H,3,8-11H2,1-2H3. The molecule has 0 radical (unpaired) electrons. The van der Waals surface area contributed by atoms with Gasteiger partial charge in [0.15, 0.2) is 0 Å². The third-order valence-corrected chi connectivity index (χ3v) is 3.20. The van der Waals surface area contributed by atoms with E-state index in [2.05, 4.69) is 40.0 Å². The predicted molar refractivity (Wildman–Crippen MR) is 78.0 cm³/mol. The highest BCUT2D eigenvalue weighted by Gasteiger charge is 2.09. The lowest BCUT2D eigenvalue weighted by molar-refractivity contribution is 0.183. The number of hydrogen-bond donors (Lipinski definition) is 2. The number of aryl methyl sites for hydroxylation is 1. The Morgan fingerprint density at radius 2 is 2.16 bits per heavy atom. The van der Waals surface area contributed by atoms with Gasteiger partial charge in [-0.25, -0.2) is 4.98 Å². The molecule has 2 aromatic rings. The molecule has 0 fully saturated rings. The molecule has 1 aromatic heterocycles. The van der Waals surface area contributed by atoms with Crippen molar-refractivity contribution in [2.75, 3.05) is 6.54 Å². The van der Waals surface area contributed by atoms with Gasteiger partial charge in [0.25, 0.3) is 0 Å². The maximum atomic E-state index is 9.24. The van der Waals surface area contributed by atoms with Crippen LogP contribution in [0.2, 0.25) is 0 Å². The molecule has 0 aliphatic carbocycles. The van der Waals surface area contributed by atoms with Crippen LogP contribution in [0.25, 0.3) is 11.0 Å². The normalized spacial score (nSPS) is 13.0. The van der Waals surface area contributed by atoms with Crippen LogP contribution in [0.1, 0.15) is 32.5 Å². The van der Waals surface area contributed by atoms with E-state index in [0.717, 1.165) is 43.8 Å². The summed E-state index contributed by atoms with van der Waals surface area (Å²) >= 11 is 0. The number of fused-ring (bicyclic) bond motifs is 1. The van der Waals surface area contributed by atoms with Crippen molar-refractivity contribution < 1.29 is 5.11 Å². The van der Waals surface area contributed by atoms with Crippen molar-refractivity contribution in [2.45, 2.75) is 45.9 Å². The largest absolute Gasteiger partial charge is 0.393 e. The van der Waals surface area contributed by atoms with E-state index >= 15 is 0 Å². The maximum absolute atomic E-state index is 9.24. The second-order valence-electron chi connectivity index (χ2n) is 4.98. The number of rotatable bonds is 7. The molecule has 0 saturated heterocycles. The van der Waals surface area contributed by atoms with E-state index in [9.17, 15) is 5.11 Å². The van der Waals surface area contributed by atoms with Crippen molar-refractivity contribution in [3.63, 3.8) is 0 Å². The predicted octanol–water partition coefficient (Wildman–Crippen LogP) is 2.31. The zero-order chi connectivity index (χ0) is 13.7. The summed E-state index contributed by atoms with van der Waals surface area (Å²) in [7, 11) is 0. The molecule has 4 heteroatoms. The van der Waals surface area contributed by atoms with Gasteiger partial charge in [-0.3, -0.25) is 0 Å². The number of aromatic nitrogens is 2. The third-order valence-electron chi connectivity index (χ3n) is 3.20. The maximum Gasteiger partial charge on any atom is 0.123 e. The molecular weight excluding hydrogens is 238 g/mol. The number of aliphatic hydroxyl groups is 1. The van der Waals surface area contributed by atoms with Crippen LogP contribution in [-0.4, -0.2) is 27.3 Å². The second kappa shape index (κ2) is 6.68. The quantitative estimate of drug-likeness (QED) is 0.752. The van der Waals surface area contributed by atoms with Gasteiger partial charge in [0.05, 0.1) is 23.7 Å². The number of imidazole rings is 1. The summed E-state index contributed by atoms with van der Waals surface area (Å²) in [6, 6.07) is 8.26. The molecule has 0 spiro atoms. The highest BCUT2D eigenvalue weighted by Crippen LogP contribution is 2.16. The number of hydrogen-bond acceptors (Lipinski definition) is 3. The van der Waals surface area contributed by atoms with Gasteiger partial charge in [-0.1, -0.05) is 19.1 Å². The summed E-state index contributed by atoms with van der Waals surface area (Å²) in [6.45, 7) is 6.55. The van der Waals surface area contributed by atoms with Crippen LogP contribution >= 0.6 is 0 Å². The minimum absolute atomic E-state index is 0.248. The van der Waals surface area contributed by atoms with Gasteiger partial charge in [0.2, 0.25) is 0 Å². The van der Waals surface area contributed by atoms with Crippen molar-refractivity contribution in [3.05, 3.63) is 30.1 Å². The molecule has 1 heterocycles. The number of para-hydroxylation sites is 2. The Hall–Kier alpha value is -1.39. The Kier molecular flexibility index (Phi) is 4.93. The van der Waals surface area contributed by atoms with Gasteiger partial charge in [0, 0.05) is 6.54 Å². The summed E-state index contributed by atoms with van der Waals surface area (Å²) in [5.74, 6) is 1.08. The molecule has 0 bridgehead atoms. The monoisotopic (exact) mass is 261 g/mol. The number of nitrogens with one attached hydrogen (secondary N) is 1. The van der Waals surface area contributed by atoms with E-state index in [-0.39, 0.29) is 6.10 Å². The Morgan fingerprint density at radius 1 is 1.37 bits per heavy atom.